The zero-order chi connectivity index (χ0) is 17.9. The summed E-state index contributed by atoms with van der Waals surface area (Å²) in [4.78, 5) is 11.9. The number of benzene rings is 2. The predicted molar refractivity (Wildman–Crippen MR) is 86.2 cm³/mol. The molecule has 2 rings (SSSR count). The largest absolute Gasteiger partial charge is 0.322 e. The highest BCUT2D eigenvalue weighted by Crippen LogP contribution is 2.17. The van der Waals surface area contributed by atoms with E-state index in [0.717, 1.165) is 18.2 Å². The number of sulfonamides is 1. The minimum atomic E-state index is -3.97. The Morgan fingerprint density at radius 3 is 2.38 bits per heavy atom. The Morgan fingerprint density at radius 1 is 1.12 bits per heavy atom. The number of halogens is 3. The summed E-state index contributed by atoms with van der Waals surface area (Å²) < 4.78 is 53.1. The van der Waals surface area contributed by atoms with E-state index in [-0.39, 0.29) is 10.6 Å². The van der Waals surface area contributed by atoms with Gasteiger partial charge in [-0.25, -0.2) is 17.2 Å². The third-order valence-electron chi connectivity index (χ3n) is 3.04. The number of anilines is 1. The van der Waals surface area contributed by atoms with Gasteiger partial charge in [-0.1, -0.05) is 11.6 Å². The molecular formula is C15H13ClF2N2O3S. The monoisotopic (exact) mass is 374 g/mol. The second kappa shape index (κ2) is 7.25. The molecule has 0 heterocycles. The fraction of sp³-hybridized carbons (Fsp3) is 0.133. The zero-order valence-electron chi connectivity index (χ0n) is 12.4. The van der Waals surface area contributed by atoms with Crippen LogP contribution in [0.1, 0.15) is 6.92 Å². The Morgan fingerprint density at radius 2 is 1.75 bits per heavy atom. The normalized spacial score (nSPS) is 12.7. The van der Waals surface area contributed by atoms with Crippen LogP contribution in [0.4, 0.5) is 14.5 Å². The van der Waals surface area contributed by atoms with Gasteiger partial charge in [-0.2, -0.15) is 4.72 Å². The average Bonchev–Trinajstić information content (AvgIpc) is 2.51. The van der Waals surface area contributed by atoms with Gasteiger partial charge in [-0.05, 0) is 43.3 Å². The third kappa shape index (κ3) is 4.50. The predicted octanol–water partition coefficient (Wildman–Crippen LogP) is 2.92. The SMILES string of the molecule is C[C@H](NS(=O)(=O)c1ccc(Cl)cc1)C(=O)Nc1cc(F)ccc1F. The standard InChI is InChI=1S/C15H13ClF2N2O3S/c1-9(15(21)19-14-8-11(17)4-7-13(14)18)20-24(22,23)12-5-2-10(16)3-6-12/h2-9,20H,1H3,(H,19,21)/t9-/m0/s1. The van der Waals surface area contributed by atoms with Crippen LogP contribution < -0.4 is 10.0 Å². The molecule has 1 amide bonds. The summed E-state index contributed by atoms with van der Waals surface area (Å²) in [5, 5.41) is 2.49. The van der Waals surface area contributed by atoms with Gasteiger partial charge in [0.05, 0.1) is 16.6 Å². The number of carbonyl (C=O) groups is 1. The molecule has 0 radical (unpaired) electrons. The third-order valence-corrected chi connectivity index (χ3v) is 4.84. The van der Waals surface area contributed by atoms with Gasteiger partial charge in [0, 0.05) is 11.1 Å². The summed E-state index contributed by atoms with van der Waals surface area (Å²) in [7, 11) is -3.97. The van der Waals surface area contributed by atoms with Crippen LogP contribution in [0.5, 0.6) is 0 Å². The van der Waals surface area contributed by atoms with Gasteiger partial charge in [0.1, 0.15) is 11.6 Å². The van der Waals surface area contributed by atoms with Crippen LogP contribution in [0.3, 0.4) is 0 Å². The van der Waals surface area contributed by atoms with E-state index in [1.54, 1.807) is 0 Å². The molecule has 0 bridgehead atoms. The fourth-order valence-electron chi connectivity index (χ4n) is 1.80. The summed E-state index contributed by atoms with van der Waals surface area (Å²) in [6, 6.07) is 6.68. The van der Waals surface area contributed by atoms with Crippen LogP contribution in [0, 0.1) is 11.6 Å². The van der Waals surface area contributed by atoms with E-state index in [9.17, 15) is 22.0 Å². The van der Waals surface area contributed by atoms with E-state index in [1.165, 1.54) is 31.2 Å². The van der Waals surface area contributed by atoms with Crippen molar-refractivity contribution >= 4 is 33.2 Å². The van der Waals surface area contributed by atoms with Gasteiger partial charge in [0.25, 0.3) is 0 Å². The lowest BCUT2D eigenvalue weighted by atomic mass is 10.2. The molecule has 128 valence electrons. The van der Waals surface area contributed by atoms with E-state index < -0.39 is 33.6 Å². The minimum absolute atomic E-state index is 0.0801. The van der Waals surface area contributed by atoms with Crippen molar-refractivity contribution in [2.45, 2.75) is 17.9 Å². The van der Waals surface area contributed by atoms with Crippen molar-refractivity contribution in [1.29, 1.82) is 0 Å². The Hall–Kier alpha value is -2.03. The Balaban J connectivity index is 2.10. The van der Waals surface area contributed by atoms with Gasteiger partial charge in [-0.3, -0.25) is 4.79 Å². The van der Waals surface area contributed by atoms with E-state index in [4.69, 9.17) is 11.6 Å². The maximum atomic E-state index is 13.5. The lowest BCUT2D eigenvalue weighted by Gasteiger charge is -2.15. The highest BCUT2D eigenvalue weighted by molar-refractivity contribution is 7.89. The van der Waals surface area contributed by atoms with Crippen molar-refractivity contribution in [3.05, 3.63) is 59.1 Å². The first-order valence-corrected chi connectivity index (χ1v) is 8.59. The van der Waals surface area contributed by atoms with Crippen LogP contribution in [0.2, 0.25) is 5.02 Å². The molecule has 5 nitrogen and oxygen atoms in total. The molecule has 0 aliphatic rings. The second-order valence-electron chi connectivity index (χ2n) is 4.91. The maximum absolute atomic E-state index is 13.5. The highest BCUT2D eigenvalue weighted by atomic mass is 35.5. The summed E-state index contributed by atoms with van der Waals surface area (Å²) in [6.07, 6.45) is 0. The first-order valence-electron chi connectivity index (χ1n) is 6.73. The Bertz CT molecular complexity index is 858. The van der Waals surface area contributed by atoms with Crippen molar-refractivity contribution in [1.82, 2.24) is 4.72 Å². The van der Waals surface area contributed by atoms with Gasteiger partial charge in [-0.15, -0.1) is 0 Å². The van der Waals surface area contributed by atoms with Gasteiger partial charge < -0.3 is 5.32 Å². The van der Waals surface area contributed by atoms with Gasteiger partial charge >= 0.3 is 0 Å². The molecule has 2 N–H and O–H groups in total. The Labute approximate surface area is 142 Å². The summed E-state index contributed by atoms with van der Waals surface area (Å²) in [6.45, 7) is 1.28. The molecule has 2 aromatic rings. The molecule has 1 atom stereocenters. The Kier molecular flexibility index (Phi) is 5.53. The molecule has 24 heavy (non-hydrogen) atoms. The number of amides is 1. The summed E-state index contributed by atoms with van der Waals surface area (Å²) in [5.74, 6) is -2.41. The van der Waals surface area contributed by atoms with Gasteiger partial charge in [0.2, 0.25) is 15.9 Å². The topological polar surface area (TPSA) is 75.3 Å². The number of rotatable bonds is 5. The van der Waals surface area contributed by atoms with E-state index >= 15 is 0 Å². The molecule has 0 spiro atoms. The first-order chi connectivity index (χ1) is 11.2. The average molecular weight is 375 g/mol. The van der Waals surface area contributed by atoms with E-state index in [1.807, 2.05) is 0 Å². The van der Waals surface area contributed by atoms with E-state index in [0.29, 0.717) is 5.02 Å². The quantitative estimate of drug-likeness (QED) is 0.845. The molecule has 0 saturated heterocycles. The highest BCUT2D eigenvalue weighted by Gasteiger charge is 2.22. The maximum Gasteiger partial charge on any atom is 0.242 e. The number of hydrogen-bond donors (Lipinski definition) is 2. The van der Waals surface area contributed by atoms with Crippen LogP contribution in [0.15, 0.2) is 47.4 Å². The minimum Gasteiger partial charge on any atom is -0.322 e. The molecule has 0 unspecified atom stereocenters. The fourth-order valence-corrected chi connectivity index (χ4v) is 3.13. The molecule has 0 saturated carbocycles. The second-order valence-corrected chi connectivity index (χ2v) is 7.06. The first kappa shape index (κ1) is 18.3. The number of hydrogen-bond acceptors (Lipinski definition) is 3. The van der Waals surface area contributed by atoms with Crippen molar-refractivity contribution in [3.8, 4) is 0 Å². The van der Waals surface area contributed by atoms with Crippen molar-refractivity contribution in [2.75, 3.05) is 5.32 Å². The molecule has 9 heteroatoms. The molecule has 0 aliphatic heterocycles. The summed E-state index contributed by atoms with van der Waals surface area (Å²) >= 11 is 5.69. The molecular weight excluding hydrogens is 362 g/mol. The van der Waals surface area contributed by atoms with Crippen LogP contribution in [0.25, 0.3) is 0 Å². The molecule has 0 aromatic heterocycles. The zero-order valence-corrected chi connectivity index (χ0v) is 14.0. The molecule has 0 aliphatic carbocycles. The summed E-state index contributed by atoms with van der Waals surface area (Å²) in [5.41, 5.74) is -0.377. The van der Waals surface area contributed by atoms with Crippen LogP contribution in [-0.2, 0) is 14.8 Å². The number of nitrogens with one attached hydrogen (secondary N) is 2. The van der Waals surface area contributed by atoms with Crippen molar-refractivity contribution < 1.29 is 22.0 Å². The van der Waals surface area contributed by atoms with Crippen molar-refractivity contribution in [2.24, 2.45) is 0 Å². The van der Waals surface area contributed by atoms with Crippen LogP contribution in [-0.4, -0.2) is 20.4 Å². The van der Waals surface area contributed by atoms with Gasteiger partial charge in [0.15, 0.2) is 0 Å². The number of carbonyl (C=O) groups excluding carboxylic acids is 1. The molecule has 2 aromatic carbocycles. The van der Waals surface area contributed by atoms with E-state index in [2.05, 4.69) is 10.0 Å². The lowest BCUT2D eigenvalue weighted by molar-refractivity contribution is -0.117. The molecule has 0 fully saturated rings. The lowest BCUT2D eigenvalue weighted by Crippen LogP contribution is -2.41. The van der Waals surface area contributed by atoms with Crippen LogP contribution >= 0.6 is 11.6 Å². The smallest absolute Gasteiger partial charge is 0.242 e. The van der Waals surface area contributed by atoms with Crippen molar-refractivity contribution in [3.63, 3.8) is 0 Å².